The van der Waals surface area contributed by atoms with Gasteiger partial charge in [-0.1, -0.05) is 0 Å². The molecule has 5 nitrogen and oxygen atoms in total. The first-order chi connectivity index (χ1) is 10.5. The predicted molar refractivity (Wildman–Crippen MR) is 91.8 cm³/mol. The van der Waals surface area contributed by atoms with E-state index in [1.165, 1.54) is 0 Å². The van der Waals surface area contributed by atoms with Crippen molar-refractivity contribution in [1.29, 1.82) is 0 Å². The smallest absolute Gasteiger partial charge is 0.230 e. The third-order valence-corrected chi connectivity index (χ3v) is 5.74. The van der Waals surface area contributed by atoms with Gasteiger partial charge in [-0.05, 0) is 47.8 Å². The molecule has 122 valence electrons. The van der Waals surface area contributed by atoms with Crippen LogP contribution in [0.25, 0.3) is 0 Å². The Balaban J connectivity index is 1.96. The zero-order valence-corrected chi connectivity index (χ0v) is 15.1. The fourth-order valence-electron chi connectivity index (χ4n) is 2.69. The van der Waals surface area contributed by atoms with Gasteiger partial charge in [0.2, 0.25) is 11.8 Å². The summed E-state index contributed by atoms with van der Waals surface area (Å²) in [4.78, 5) is 27.6. The summed E-state index contributed by atoms with van der Waals surface area (Å²) < 4.78 is 1.03. The zero-order valence-electron chi connectivity index (χ0n) is 12.7. The van der Waals surface area contributed by atoms with Crippen molar-refractivity contribution in [2.24, 2.45) is 11.7 Å². The summed E-state index contributed by atoms with van der Waals surface area (Å²) in [6.07, 6.45) is 1.70. The van der Waals surface area contributed by atoms with Gasteiger partial charge >= 0.3 is 0 Å². The molecule has 1 saturated heterocycles. The number of nitrogens with zero attached hydrogens (tertiary/aromatic N) is 1. The zero-order chi connectivity index (χ0) is 16.1. The third-order valence-electron chi connectivity index (χ3n) is 3.94. The van der Waals surface area contributed by atoms with Crippen molar-refractivity contribution in [3.63, 3.8) is 0 Å². The number of carbonyl (C=O) groups is 2. The molecule has 2 rings (SSSR count). The van der Waals surface area contributed by atoms with Crippen molar-refractivity contribution < 1.29 is 9.59 Å². The van der Waals surface area contributed by atoms with Gasteiger partial charge in [-0.25, -0.2) is 0 Å². The average molecular weight is 388 g/mol. The Kier molecular flexibility index (Phi) is 6.40. The second kappa shape index (κ2) is 8.08. The van der Waals surface area contributed by atoms with E-state index in [2.05, 4.69) is 21.2 Å². The fraction of sp³-hybridized carbons (Fsp3) is 0.600. The molecular weight excluding hydrogens is 366 g/mol. The number of hydrogen-bond donors (Lipinski definition) is 2. The molecule has 2 heterocycles. The molecule has 1 aliphatic heterocycles. The molecule has 0 bridgehead atoms. The maximum atomic E-state index is 12.7. The van der Waals surface area contributed by atoms with Gasteiger partial charge in [-0.15, -0.1) is 11.3 Å². The molecule has 1 fully saturated rings. The molecule has 2 unspecified atom stereocenters. The average Bonchev–Trinajstić information content (AvgIpc) is 2.97. The molecule has 1 aromatic rings. The van der Waals surface area contributed by atoms with Crippen LogP contribution in [0.1, 0.15) is 30.6 Å². The minimum atomic E-state index is -0.165. The molecule has 0 aromatic carbocycles. The summed E-state index contributed by atoms with van der Waals surface area (Å²) in [5.74, 6) is -0.172. The number of rotatable bonds is 5. The van der Waals surface area contributed by atoms with E-state index in [0.29, 0.717) is 19.6 Å². The van der Waals surface area contributed by atoms with E-state index in [0.717, 1.165) is 28.0 Å². The van der Waals surface area contributed by atoms with Crippen LogP contribution >= 0.6 is 27.3 Å². The quantitative estimate of drug-likeness (QED) is 0.810. The molecular formula is C15H22BrN3O2S. The summed E-state index contributed by atoms with van der Waals surface area (Å²) in [5.41, 5.74) is 5.41. The normalized spacial score (nSPS) is 19.8. The molecule has 7 heteroatoms. The van der Waals surface area contributed by atoms with E-state index in [9.17, 15) is 9.59 Å². The maximum absolute atomic E-state index is 12.7. The summed E-state index contributed by atoms with van der Waals surface area (Å²) >= 11 is 5.01. The third kappa shape index (κ3) is 4.30. The molecule has 0 aliphatic carbocycles. The van der Waals surface area contributed by atoms with Crippen LogP contribution in [-0.2, 0) is 9.59 Å². The Morgan fingerprint density at radius 2 is 2.32 bits per heavy atom. The number of thiophene rings is 1. The van der Waals surface area contributed by atoms with Gasteiger partial charge < -0.3 is 16.0 Å². The molecule has 0 radical (unpaired) electrons. The van der Waals surface area contributed by atoms with Crippen molar-refractivity contribution in [1.82, 2.24) is 10.2 Å². The highest BCUT2D eigenvalue weighted by molar-refractivity contribution is 9.11. The van der Waals surface area contributed by atoms with E-state index in [4.69, 9.17) is 5.73 Å². The molecule has 2 atom stereocenters. The predicted octanol–water partition coefficient (Wildman–Crippen LogP) is 1.93. The first-order valence-corrected chi connectivity index (χ1v) is 9.15. The lowest BCUT2D eigenvalue weighted by molar-refractivity contribution is -0.136. The highest BCUT2D eigenvalue weighted by Crippen LogP contribution is 2.30. The number of halogens is 1. The largest absolute Gasteiger partial charge is 0.355 e. The SMILES string of the molecule is CC(C(=O)N1CCCC(C(=O)NCCN)C1)c1ccc(Br)s1. The molecule has 2 amide bonds. The van der Waals surface area contributed by atoms with Gasteiger partial charge in [0.05, 0.1) is 15.6 Å². The number of amides is 2. The summed E-state index contributed by atoms with van der Waals surface area (Å²) in [6, 6.07) is 3.94. The minimum Gasteiger partial charge on any atom is -0.355 e. The first kappa shape index (κ1) is 17.4. The lowest BCUT2D eigenvalue weighted by atomic mass is 9.95. The Morgan fingerprint density at radius 1 is 1.55 bits per heavy atom. The van der Waals surface area contributed by atoms with Gasteiger partial charge in [0.25, 0.3) is 0 Å². The van der Waals surface area contributed by atoms with Crippen LogP contribution in [0, 0.1) is 5.92 Å². The highest BCUT2D eigenvalue weighted by Gasteiger charge is 2.31. The summed E-state index contributed by atoms with van der Waals surface area (Å²) in [7, 11) is 0. The van der Waals surface area contributed by atoms with E-state index < -0.39 is 0 Å². The van der Waals surface area contributed by atoms with Crippen LogP contribution in [-0.4, -0.2) is 42.9 Å². The second-order valence-corrected chi connectivity index (χ2v) is 8.06. The number of nitrogens with two attached hydrogens (primary N) is 1. The maximum Gasteiger partial charge on any atom is 0.230 e. The van der Waals surface area contributed by atoms with Gasteiger partial charge in [0.1, 0.15) is 0 Å². The van der Waals surface area contributed by atoms with Crippen molar-refractivity contribution in [2.75, 3.05) is 26.2 Å². The fourth-order valence-corrected chi connectivity index (χ4v) is 4.16. The topological polar surface area (TPSA) is 75.4 Å². The molecule has 0 saturated carbocycles. The molecule has 1 aromatic heterocycles. The van der Waals surface area contributed by atoms with E-state index in [1.807, 2.05) is 24.0 Å². The Hall–Kier alpha value is -0.920. The first-order valence-electron chi connectivity index (χ1n) is 7.54. The molecule has 3 N–H and O–H groups in total. The number of hydrogen-bond acceptors (Lipinski definition) is 4. The molecule has 1 aliphatic rings. The van der Waals surface area contributed by atoms with Gasteiger partial charge in [-0.2, -0.15) is 0 Å². The Bertz CT molecular complexity index is 535. The van der Waals surface area contributed by atoms with Gasteiger partial charge in [0, 0.05) is 31.1 Å². The lowest BCUT2D eigenvalue weighted by Gasteiger charge is -2.33. The lowest BCUT2D eigenvalue weighted by Crippen LogP contribution is -2.47. The number of nitrogens with one attached hydrogen (secondary N) is 1. The summed E-state index contributed by atoms with van der Waals surface area (Å²) in [5, 5.41) is 2.82. The van der Waals surface area contributed by atoms with Crippen LogP contribution in [0.4, 0.5) is 0 Å². The monoisotopic (exact) mass is 387 g/mol. The highest BCUT2D eigenvalue weighted by atomic mass is 79.9. The van der Waals surface area contributed by atoms with Crippen molar-refractivity contribution in [3.8, 4) is 0 Å². The molecule has 22 heavy (non-hydrogen) atoms. The van der Waals surface area contributed by atoms with Crippen LogP contribution in [0.2, 0.25) is 0 Å². The van der Waals surface area contributed by atoms with Crippen LogP contribution < -0.4 is 11.1 Å². The number of piperidine rings is 1. The molecule has 0 spiro atoms. The minimum absolute atomic E-state index is 0.00877. The van der Waals surface area contributed by atoms with Gasteiger partial charge in [0.15, 0.2) is 0 Å². The van der Waals surface area contributed by atoms with E-state index in [-0.39, 0.29) is 23.7 Å². The van der Waals surface area contributed by atoms with Crippen LogP contribution in [0.5, 0.6) is 0 Å². The Labute approximate surface area is 143 Å². The van der Waals surface area contributed by atoms with Gasteiger partial charge in [-0.3, -0.25) is 9.59 Å². The summed E-state index contributed by atoms with van der Waals surface area (Å²) in [6.45, 7) is 4.09. The van der Waals surface area contributed by atoms with Crippen LogP contribution in [0.15, 0.2) is 15.9 Å². The van der Waals surface area contributed by atoms with E-state index >= 15 is 0 Å². The standard InChI is InChI=1S/C15H22BrN3O2S/c1-10(12-4-5-13(16)22-12)15(21)19-8-2-3-11(9-19)14(20)18-7-6-17/h4-5,10-11H,2-3,6-9,17H2,1H3,(H,18,20). The van der Waals surface area contributed by atoms with Crippen molar-refractivity contribution in [2.45, 2.75) is 25.7 Å². The number of carbonyl (C=O) groups excluding carboxylic acids is 2. The van der Waals surface area contributed by atoms with E-state index in [1.54, 1.807) is 11.3 Å². The number of likely N-dealkylation sites (tertiary alicyclic amines) is 1. The van der Waals surface area contributed by atoms with Crippen LogP contribution in [0.3, 0.4) is 0 Å². The van der Waals surface area contributed by atoms with Crippen molar-refractivity contribution >= 4 is 39.1 Å². The Morgan fingerprint density at radius 3 is 2.95 bits per heavy atom. The second-order valence-electron chi connectivity index (χ2n) is 5.57. The van der Waals surface area contributed by atoms with Crippen molar-refractivity contribution in [3.05, 3.63) is 20.8 Å².